The Balaban J connectivity index is 1.93. The Bertz CT molecular complexity index is 512. The minimum Gasteiger partial charge on any atom is -0.374 e. The van der Waals surface area contributed by atoms with Crippen LogP contribution in [0.2, 0.25) is 0 Å². The molecule has 22 heavy (non-hydrogen) atoms. The predicted molar refractivity (Wildman–Crippen MR) is 82.8 cm³/mol. The smallest absolute Gasteiger partial charge is 0.231 e. The highest BCUT2D eigenvalue weighted by molar-refractivity contribution is 5.75. The molecule has 0 spiro atoms. The van der Waals surface area contributed by atoms with Gasteiger partial charge in [0, 0.05) is 25.7 Å². The Morgan fingerprint density at radius 3 is 3.05 bits per heavy atom. The standard InChI is InChI=1S/C16H24FN3O2/c1-12(13-4-3-5-14(17)8-13)20-6-7-22-15(10-20)9-19(2)11-16(18)21/h3-5,8,12,15H,6-7,9-11H2,1-2H3,(H2,18,21)/t12-,15+/m0/s1. The third kappa shape index (κ3) is 4.76. The quantitative estimate of drug-likeness (QED) is 0.852. The fourth-order valence-corrected chi connectivity index (χ4v) is 2.86. The molecule has 0 unspecified atom stereocenters. The normalized spacial score (nSPS) is 21.0. The van der Waals surface area contributed by atoms with Crippen molar-refractivity contribution in [1.82, 2.24) is 9.80 Å². The second-order valence-corrected chi connectivity index (χ2v) is 5.88. The molecule has 0 aliphatic carbocycles. The van der Waals surface area contributed by atoms with Gasteiger partial charge in [-0.2, -0.15) is 0 Å². The van der Waals surface area contributed by atoms with Gasteiger partial charge in [0.1, 0.15) is 5.82 Å². The van der Waals surface area contributed by atoms with Gasteiger partial charge in [0.05, 0.1) is 19.3 Å². The van der Waals surface area contributed by atoms with Gasteiger partial charge in [0.25, 0.3) is 0 Å². The average molecular weight is 309 g/mol. The van der Waals surface area contributed by atoms with Gasteiger partial charge in [-0.1, -0.05) is 12.1 Å². The van der Waals surface area contributed by atoms with Crippen LogP contribution in [-0.2, 0) is 9.53 Å². The van der Waals surface area contributed by atoms with Crippen LogP contribution in [-0.4, -0.2) is 61.6 Å². The van der Waals surface area contributed by atoms with Crippen LogP contribution >= 0.6 is 0 Å². The molecule has 1 fully saturated rings. The molecule has 6 heteroatoms. The zero-order valence-electron chi connectivity index (χ0n) is 13.2. The molecule has 1 aromatic rings. The first kappa shape index (κ1) is 16.9. The summed E-state index contributed by atoms with van der Waals surface area (Å²) in [5.74, 6) is -0.557. The van der Waals surface area contributed by atoms with Crippen molar-refractivity contribution in [3.63, 3.8) is 0 Å². The summed E-state index contributed by atoms with van der Waals surface area (Å²) in [4.78, 5) is 15.1. The molecule has 2 atom stereocenters. The van der Waals surface area contributed by atoms with Crippen molar-refractivity contribution >= 4 is 5.91 Å². The van der Waals surface area contributed by atoms with Crippen LogP contribution < -0.4 is 5.73 Å². The maximum absolute atomic E-state index is 13.4. The number of amides is 1. The van der Waals surface area contributed by atoms with E-state index in [1.54, 1.807) is 12.1 Å². The van der Waals surface area contributed by atoms with E-state index >= 15 is 0 Å². The van der Waals surface area contributed by atoms with Crippen LogP contribution in [0.15, 0.2) is 24.3 Å². The lowest BCUT2D eigenvalue weighted by molar-refractivity contribution is -0.119. The molecule has 1 saturated heterocycles. The molecule has 2 rings (SSSR count). The summed E-state index contributed by atoms with van der Waals surface area (Å²) in [6.07, 6.45) is 0.0223. The summed E-state index contributed by atoms with van der Waals surface area (Å²) in [5, 5.41) is 0. The highest BCUT2D eigenvalue weighted by Gasteiger charge is 2.26. The topological polar surface area (TPSA) is 58.8 Å². The zero-order valence-corrected chi connectivity index (χ0v) is 13.2. The Morgan fingerprint density at radius 2 is 2.36 bits per heavy atom. The fourth-order valence-electron chi connectivity index (χ4n) is 2.86. The van der Waals surface area contributed by atoms with Gasteiger partial charge in [-0.25, -0.2) is 4.39 Å². The molecule has 122 valence electrons. The molecule has 0 aromatic heterocycles. The van der Waals surface area contributed by atoms with Gasteiger partial charge >= 0.3 is 0 Å². The van der Waals surface area contributed by atoms with Crippen LogP contribution in [0.25, 0.3) is 0 Å². The van der Waals surface area contributed by atoms with Crippen LogP contribution in [0.3, 0.4) is 0 Å². The maximum atomic E-state index is 13.4. The molecule has 2 N–H and O–H groups in total. The van der Waals surface area contributed by atoms with Crippen molar-refractivity contribution in [3.8, 4) is 0 Å². The number of ether oxygens (including phenoxy) is 1. The predicted octanol–water partition coefficient (Wildman–Crippen LogP) is 1.00. The van der Waals surface area contributed by atoms with Gasteiger partial charge in [0.15, 0.2) is 0 Å². The number of nitrogens with zero attached hydrogens (tertiary/aromatic N) is 2. The summed E-state index contributed by atoms with van der Waals surface area (Å²) in [6, 6.07) is 6.84. The largest absolute Gasteiger partial charge is 0.374 e. The van der Waals surface area contributed by atoms with E-state index in [0.717, 1.165) is 18.7 Å². The molecule has 1 amide bonds. The van der Waals surface area contributed by atoms with E-state index in [1.165, 1.54) is 6.07 Å². The number of hydrogen-bond donors (Lipinski definition) is 1. The molecule has 1 aromatic carbocycles. The lowest BCUT2D eigenvalue weighted by atomic mass is 10.1. The number of benzene rings is 1. The Hall–Kier alpha value is -1.50. The highest BCUT2D eigenvalue weighted by Crippen LogP contribution is 2.23. The van der Waals surface area contributed by atoms with Crippen molar-refractivity contribution < 1.29 is 13.9 Å². The number of nitrogens with two attached hydrogens (primary N) is 1. The second-order valence-electron chi connectivity index (χ2n) is 5.88. The fraction of sp³-hybridized carbons (Fsp3) is 0.562. The first-order valence-corrected chi connectivity index (χ1v) is 7.53. The van der Waals surface area contributed by atoms with Crippen molar-refractivity contribution in [1.29, 1.82) is 0 Å². The van der Waals surface area contributed by atoms with Gasteiger partial charge in [-0.05, 0) is 31.7 Å². The zero-order chi connectivity index (χ0) is 16.1. The van der Waals surface area contributed by atoms with E-state index < -0.39 is 0 Å². The van der Waals surface area contributed by atoms with Crippen molar-refractivity contribution in [2.24, 2.45) is 5.73 Å². The van der Waals surface area contributed by atoms with Crippen molar-refractivity contribution in [2.45, 2.75) is 19.1 Å². The Kier molecular flexibility index (Phi) is 5.88. The number of primary amides is 1. The number of likely N-dealkylation sites (N-methyl/N-ethyl adjacent to an activating group) is 1. The van der Waals surface area contributed by atoms with E-state index in [1.807, 2.05) is 18.0 Å². The van der Waals surface area contributed by atoms with E-state index in [0.29, 0.717) is 13.2 Å². The highest BCUT2D eigenvalue weighted by atomic mass is 19.1. The molecule has 0 radical (unpaired) electrons. The van der Waals surface area contributed by atoms with Crippen molar-refractivity contribution in [2.75, 3.05) is 39.8 Å². The Labute approximate surface area is 130 Å². The number of carbonyl (C=O) groups is 1. The van der Waals surface area contributed by atoms with Crippen LogP contribution in [0.1, 0.15) is 18.5 Å². The number of carbonyl (C=O) groups excluding carboxylic acids is 1. The van der Waals surface area contributed by atoms with Crippen LogP contribution in [0.5, 0.6) is 0 Å². The molecule has 0 bridgehead atoms. The number of rotatable bonds is 6. The van der Waals surface area contributed by atoms with E-state index in [2.05, 4.69) is 11.8 Å². The third-order valence-electron chi connectivity index (χ3n) is 3.99. The van der Waals surface area contributed by atoms with Crippen LogP contribution in [0.4, 0.5) is 4.39 Å². The summed E-state index contributed by atoms with van der Waals surface area (Å²) < 4.78 is 19.1. The minimum absolute atomic E-state index is 0.0223. The molecular formula is C16H24FN3O2. The number of morpholine rings is 1. The lowest BCUT2D eigenvalue weighted by Gasteiger charge is -2.38. The molecule has 1 heterocycles. The second kappa shape index (κ2) is 7.67. The molecule has 0 saturated carbocycles. The average Bonchev–Trinajstić information content (AvgIpc) is 2.45. The maximum Gasteiger partial charge on any atom is 0.231 e. The molecule has 5 nitrogen and oxygen atoms in total. The first-order chi connectivity index (χ1) is 10.5. The van der Waals surface area contributed by atoms with Gasteiger partial charge in [0.2, 0.25) is 5.91 Å². The van der Waals surface area contributed by atoms with Crippen LogP contribution in [0, 0.1) is 5.82 Å². The van der Waals surface area contributed by atoms with Gasteiger partial charge < -0.3 is 10.5 Å². The lowest BCUT2D eigenvalue weighted by Crippen LogP contribution is -2.48. The summed E-state index contributed by atoms with van der Waals surface area (Å²) >= 11 is 0. The Morgan fingerprint density at radius 1 is 1.59 bits per heavy atom. The monoisotopic (exact) mass is 309 g/mol. The number of hydrogen-bond acceptors (Lipinski definition) is 4. The third-order valence-corrected chi connectivity index (χ3v) is 3.99. The molecule has 1 aliphatic rings. The summed E-state index contributed by atoms with van der Waals surface area (Å²) in [7, 11) is 1.85. The summed E-state index contributed by atoms with van der Waals surface area (Å²) in [5.41, 5.74) is 6.16. The first-order valence-electron chi connectivity index (χ1n) is 7.53. The van der Waals surface area contributed by atoms with E-state index in [-0.39, 0.29) is 30.4 Å². The van der Waals surface area contributed by atoms with Gasteiger partial charge in [-0.15, -0.1) is 0 Å². The molecule has 1 aliphatic heterocycles. The molecular weight excluding hydrogens is 285 g/mol. The minimum atomic E-state index is -0.344. The van der Waals surface area contributed by atoms with E-state index in [9.17, 15) is 9.18 Å². The van der Waals surface area contributed by atoms with Crippen molar-refractivity contribution in [3.05, 3.63) is 35.6 Å². The van der Waals surface area contributed by atoms with E-state index in [4.69, 9.17) is 10.5 Å². The SMILES string of the molecule is C[C@@H](c1cccc(F)c1)N1CCO[C@H](CN(C)CC(N)=O)C1. The summed E-state index contributed by atoms with van der Waals surface area (Å²) in [6.45, 7) is 5.14. The number of halogens is 1. The van der Waals surface area contributed by atoms with Gasteiger partial charge in [-0.3, -0.25) is 14.6 Å².